The van der Waals surface area contributed by atoms with Crippen LogP contribution in [0.25, 0.3) is 0 Å². The third kappa shape index (κ3) is 6.09. The average Bonchev–Trinajstić information content (AvgIpc) is 2.61. The molecule has 0 spiro atoms. The van der Waals surface area contributed by atoms with Crippen molar-refractivity contribution in [2.75, 3.05) is 44.2 Å². The number of benzene rings is 1. The molecule has 3 atom stereocenters. The van der Waals surface area contributed by atoms with Crippen molar-refractivity contribution in [3.05, 3.63) is 28.8 Å². The monoisotopic (exact) mass is 409 g/mol. The van der Waals surface area contributed by atoms with Gasteiger partial charge in [-0.2, -0.15) is 0 Å². The topological polar surface area (TPSA) is 37.1 Å². The molecule has 0 unspecified atom stereocenters. The molecule has 1 saturated carbocycles. The van der Waals surface area contributed by atoms with E-state index in [0.717, 1.165) is 50.6 Å². The number of piperazine rings is 1. The van der Waals surface area contributed by atoms with Crippen LogP contribution in [0.15, 0.2) is 18.2 Å². The fraction of sp³-hybridized carbons (Fsp3) is 0.739. The molecular weight excluding hydrogens is 372 g/mol. The van der Waals surface area contributed by atoms with Crippen molar-refractivity contribution in [2.24, 2.45) is 11.3 Å². The maximum atomic E-state index is 10.5. The van der Waals surface area contributed by atoms with E-state index in [-0.39, 0.29) is 6.10 Å². The maximum absolute atomic E-state index is 10.5. The summed E-state index contributed by atoms with van der Waals surface area (Å²) in [5.74, 6) is 0.708. The van der Waals surface area contributed by atoms with Gasteiger partial charge in [0.05, 0.1) is 38.9 Å². The number of aryl methyl sites for hydroxylation is 1. The molecule has 0 radical (unpaired) electrons. The zero-order valence-electron chi connectivity index (χ0n) is 18.0. The summed E-state index contributed by atoms with van der Waals surface area (Å²) in [5, 5.41) is 11.3. The average molecular weight is 410 g/mol. The van der Waals surface area contributed by atoms with Crippen molar-refractivity contribution in [2.45, 2.75) is 59.2 Å². The highest BCUT2D eigenvalue weighted by Gasteiger charge is 2.33. The second-order valence-electron chi connectivity index (χ2n) is 9.89. The summed E-state index contributed by atoms with van der Waals surface area (Å²) in [6.45, 7) is 14.4. The van der Waals surface area contributed by atoms with Crippen LogP contribution in [0, 0.1) is 18.3 Å². The summed E-state index contributed by atoms with van der Waals surface area (Å²) in [7, 11) is 0. The van der Waals surface area contributed by atoms with Crippen molar-refractivity contribution in [3.63, 3.8) is 0 Å². The van der Waals surface area contributed by atoms with Crippen molar-refractivity contribution >= 4 is 17.3 Å². The maximum Gasteiger partial charge on any atom is 0.126 e. The van der Waals surface area contributed by atoms with Crippen LogP contribution in [0.2, 0.25) is 5.02 Å². The van der Waals surface area contributed by atoms with Gasteiger partial charge in [-0.25, -0.2) is 0 Å². The summed E-state index contributed by atoms with van der Waals surface area (Å²) in [4.78, 5) is 3.88. The highest BCUT2D eigenvalue weighted by Crippen LogP contribution is 2.39. The summed E-state index contributed by atoms with van der Waals surface area (Å²) >= 11 is 6.18. The van der Waals surface area contributed by atoms with Crippen LogP contribution >= 0.6 is 11.6 Å². The lowest BCUT2D eigenvalue weighted by atomic mass is 9.71. The number of nitrogens with zero attached hydrogens (tertiary/aromatic N) is 1. The van der Waals surface area contributed by atoms with Crippen LogP contribution in [-0.4, -0.2) is 56.6 Å². The van der Waals surface area contributed by atoms with E-state index in [1.807, 2.05) is 6.07 Å². The minimum Gasteiger partial charge on any atom is -0.385 e. The first kappa shape index (κ1) is 21.9. The highest BCUT2D eigenvalue weighted by atomic mass is 35.5. The van der Waals surface area contributed by atoms with Crippen molar-refractivity contribution < 1.29 is 14.7 Å². The molecule has 0 aromatic heterocycles. The number of quaternary nitrogens is 1. The van der Waals surface area contributed by atoms with Gasteiger partial charge in [0.15, 0.2) is 0 Å². The number of halogens is 1. The lowest BCUT2D eigenvalue weighted by Crippen LogP contribution is -3.16. The van der Waals surface area contributed by atoms with Gasteiger partial charge in [-0.1, -0.05) is 38.4 Å². The van der Waals surface area contributed by atoms with E-state index in [1.165, 1.54) is 22.6 Å². The van der Waals surface area contributed by atoms with Gasteiger partial charge in [-0.3, -0.25) is 0 Å². The van der Waals surface area contributed by atoms with Gasteiger partial charge in [0.1, 0.15) is 12.6 Å². The second kappa shape index (κ2) is 9.34. The Bertz CT molecular complexity index is 643. The number of hydrogen-bond acceptors (Lipinski definition) is 3. The first-order valence-electron chi connectivity index (χ1n) is 10.9. The van der Waals surface area contributed by atoms with E-state index in [4.69, 9.17) is 16.3 Å². The van der Waals surface area contributed by atoms with Crippen LogP contribution in [0.3, 0.4) is 0 Å². The van der Waals surface area contributed by atoms with Crippen LogP contribution in [0.4, 0.5) is 5.69 Å². The summed E-state index contributed by atoms with van der Waals surface area (Å²) < 4.78 is 6.12. The Hall–Kier alpha value is -0.810. The molecule has 5 heteroatoms. The van der Waals surface area contributed by atoms with E-state index >= 15 is 0 Å². The molecular formula is C23H38ClN2O2+. The quantitative estimate of drug-likeness (QED) is 0.758. The van der Waals surface area contributed by atoms with Crippen molar-refractivity contribution in [1.29, 1.82) is 0 Å². The highest BCUT2D eigenvalue weighted by molar-refractivity contribution is 6.30. The van der Waals surface area contributed by atoms with Gasteiger partial charge >= 0.3 is 0 Å². The first-order valence-corrected chi connectivity index (χ1v) is 11.2. The van der Waals surface area contributed by atoms with Gasteiger partial charge in [0, 0.05) is 10.7 Å². The van der Waals surface area contributed by atoms with E-state index in [9.17, 15) is 5.11 Å². The molecule has 1 heterocycles. The molecule has 2 fully saturated rings. The zero-order chi connectivity index (χ0) is 20.3. The normalized spacial score (nSPS) is 27.0. The van der Waals surface area contributed by atoms with Gasteiger partial charge in [0.2, 0.25) is 0 Å². The molecule has 3 rings (SSSR count). The number of aliphatic hydroxyl groups excluding tert-OH is 1. The smallest absolute Gasteiger partial charge is 0.126 e. The van der Waals surface area contributed by atoms with Crippen LogP contribution in [-0.2, 0) is 4.74 Å². The Morgan fingerprint density at radius 3 is 2.68 bits per heavy atom. The van der Waals surface area contributed by atoms with Crippen molar-refractivity contribution in [1.82, 2.24) is 0 Å². The number of rotatable bonds is 6. The van der Waals surface area contributed by atoms with E-state index < -0.39 is 0 Å². The molecule has 158 valence electrons. The zero-order valence-corrected chi connectivity index (χ0v) is 18.8. The Balaban J connectivity index is 1.41. The summed E-state index contributed by atoms with van der Waals surface area (Å²) in [5.41, 5.74) is 2.86. The minimum atomic E-state index is -0.380. The van der Waals surface area contributed by atoms with Gasteiger partial charge in [-0.05, 0) is 55.2 Å². The minimum absolute atomic E-state index is 0.297. The molecule has 0 bridgehead atoms. The van der Waals surface area contributed by atoms with Crippen LogP contribution in [0.1, 0.15) is 45.6 Å². The van der Waals surface area contributed by atoms with Crippen molar-refractivity contribution in [3.8, 4) is 0 Å². The molecule has 4 nitrogen and oxygen atoms in total. The van der Waals surface area contributed by atoms with E-state index in [2.05, 4.69) is 44.7 Å². The first-order chi connectivity index (χ1) is 13.2. The number of nitrogens with one attached hydrogen (secondary N) is 1. The lowest BCUT2D eigenvalue weighted by molar-refractivity contribution is -0.903. The molecule has 2 N–H and O–H groups in total. The molecule has 1 aliphatic heterocycles. The Labute approximate surface area is 175 Å². The number of anilines is 1. The third-order valence-corrected chi connectivity index (χ3v) is 6.61. The molecule has 0 amide bonds. The summed E-state index contributed by atoms with van der Waals surface area (Å²) in [6, 6.07) is 6.11. The van der Waals surface area contributed by atoms with Crippen LogP contribution in [0.5, 0.6) is 0 Å². The number of aliphatic hydroxyl groups is 1. The molecule has 1 aromatic carbocycles. The number of ether oxygens (including phenoxy) is 1. The molecule has 1 saturated heterocycles. The van der Waals surface area contributed by atoms with Crippen LogP contribution < -0.4 is 9.80 Å². The van der Waals surface area contributed by atoms with E-state index in [0.29, 0.717) is 24.0 Å². The standard InChI is InChI=1S/C23H37ClN2O2/c1-17-11-21(14-23(3,4)13-17)28-16-20(27)15-25-7-9-26(10-8-25)22-12-19(24)6-5-18(22)2/h5-6,12,17,20-21,27H,7-11,13-16H2,1-4H3/p+1/t17-,20-,21+/m0/s1. The fourth-order valence-electron chi connectivity index (χ4n) is 5.22. The largest absolute Gasteiger partial charge is 0.385 e. The van der Waals surface area contributed by atoms with E-state index in [1.54, 1.807) is 0 Å². The van der Waals surface area contributed by atoms with Gasteiger partial charge in [0.25, 0.3) is 0 Å². The molecule has 1 aromatic rings. The lowest BCUT2D eigenvalue weighted by Gasteiger charge is -2.39. The van der Waals surface area contributed by atoms with Gasteiger partial charge in [-0.15, -0.1) is 0 Å². The molecule has 1 aliphatic carbocycles. The molecule has 2 aliphatic rings. The Morgan fingerprint density at radius 1 is 1.29 bits per heavy atom. The Morgan fingerprint density at radius 2 is 2.00 bits per heavy atom. The second-order valence-corrected chi connectivity index (χ2v) is 10.3. The predicted octanol–water partition coefficient (Wildman–Crippen LogP) is 2.95. The third-order valence-electron chi connectivity index (χ3n) is 6.38. The SMILES string of the molecule is Cc1ccc(Cl)cc1N1CC[NH+](C[C@H](O)CO[C@@H]2C[C@H](C)CC(C)(C)C2)CC1. The Kier molecular flexibility index (Phi) is 7.30. The summed E-state index contributed by atoms with van der Waals surface area (Å²) in [6.07, 6.45) is 3.42. The van der Waals surface area contributed by atoms with Gasteiger partial charge < -0.3 is 19.6 Å². The predicted molar refractivity (Wildman–Crippen MR) is 117 cm³/mol. The molecule has 28 heavy (non-hydrogen) atoms. The number of hydrogen-bond donors (Lipinski definition) is 2. The fourth-order valence-corrected chi connectivity index (χ4v) is 5.38.